The standard InChI is InChI=1S/C22H14ClF3N6O/c1-10(31-21-19-20(28-8-27-19)29-9-30-21)16-4-11-2-3-15(26)18(23)17(11)22(33)32(16)14-6-12(24)5-13(25)7-14/h2-10H,1H3,(H2,27,28,29,30,31)/t10-/m0/s1. The second-order valence-electron chi connectivity index (χ2n) is 7.35. The maximum Gasteiger partial charge on any atom is 0.264 e. The van der Waals surface area contributed by atoms with Crippen molar-refractivity contribution in [3.8, 4) is 5.69 Å². The molecule has 0 fully saturated rings. The van der Waals surface area contributed by atoms with E-state index in [9.17, 15) is 18.0 Å². The smallest absolute Gasteiger partial charge is 0.264 e. The van der Waals surface area contributed by atoms with Crippen molar-refractivity contribution in [1.82, 2.24) is 24.5 Å². The summed E-state index contributed by atoms with van der Waals surface area (Å²) >= 11 is 6.09. The molecule has 0 amide bonds. The van der Waals surface area contributed by atoms with Gasteiger partial charge in [0, 0.05) is 11.8 Å². The van der Waals surface area contributed by atoms with Crippen molar-refractivity contribution in [2.24, 2.45) is 0 Å². The molecule has 1 atom stereocenters. The van der Waals surface area contributed by atoms with Crippen molar-refractivity contribution in [1.29, 1.82) is 0 Å². The van der Waals surface area contributed by atoms with Gasteiger partial charge in [-0.05, 0) is 36.6 Å². The van der Waals surface area contributed by atoms with Gasteiger partial charge in [-0.3, -0.25) is 9.36 Å². The van der Waals surface area contributed by atoms with Crippen LogP contribution in [0.15, 0.2) is 53.8 Å². The van der Waals surface area contributed by atoms with Gasteiger partial charge in [0.15, 0.2) is 11.5 Å². The fourth-order valence-corrected chi connectivity index (χ4v) is 4.02. The van der Waals surface area contributed by atoms with Crippen LogP contribution in [0.4, 0.5) is 19.0 Å². The number of hydrogen-bond donors (Lipinski definition) is 2. The Bertz CT molecular complexity index is 1580. The van der Waals surface area contributed by atoms with Crippen LogP contribution in [0.2, 0.25) is 5.02 Å². The minimum absolute atomic E-state index is 0.0715. The highest BCUT2D eigenvalue weighted by Crippen LogP contribution is 2.29. The molecule has 11 heteroatoms. The maximum atomic E-state index is 14.1. The van der Waals surface area contributed by atoms with Crippen molar-refractivity contribution in [3.05, 3.63) is 87.6 Å². The first-order chi connectivity index (χ1) is 15.8. The number of aromatic nitrogens is 5. The van der Waals surface area contributed by atoms with Gasteiger partial charge in [-0.15, -0.1) is 0 Å². The third kappa shape index (κ3) is 3.58. The number of halogens is 4. The van der Waals surface area contributed by atoms with Gasteiger partial charge in [0.25, 0.3) is 5.56 Å². The Morgan fingerprint density at radius 2 is 1.82 bits per heavy atom. The highest BCUT2D eigenvalue weighted by molar-refractivity contribution is 6.35. The van der Waals surface area contributed by atoms with Gasteiger partial charge in [-0.1, -0.05) is 17.7 Å². The van der Waals surface area contributed by atoms with Crippen LogP contribution in [0, 0.1) is 17.5 Å². The van der Waals surface area contributed by atoms with Crippen LogP contribution in [0.5, 0.6) is 0 Å². The monoisotopic (exact) mass is 470 g/mol. The van der Waals surface area contributed by atoms with E-state index in [1.54, 1.807) is 13.0 Å². The summed E-state index contributed by atoms with van der Waals surface area (Å²) in [5.74, 6) is -2.11. The second-order valence-corrected chi connectivity index (χ2v) is 7.73. The number of H-pyrrole nitrogens is 1. The number of pyridine rings is 1. The van der Waals surface area contributed by atoms with Crippen molar-refractivity contribution in [2.75, 3.05) is 5.32 Å². The fourth-order valence-electron chi connectivity index (χ4n) is 3.76. The average molecular weight is 471 g/mol. The largest absolute Gasteiger partial charge is 0.360 e. The first kappa shape index (κ1) is 21.0. The molecular weight excluding hydrogens is 457 g/mol. The SMILES string of the molecule is C[C@H](Nc1ncnc2nc[nH]c12)c1cc2ccc(F)c(Cl)c2c(=O)n1-c1cc(F)cc(F)c1. The lowest BCUT2D eigenvalue weighted by molar-refractivity contribution is 0.580. The first-order valence-corrected chi connectivity index (χ1v) is 10.1. The molecule has 2 aromatic carbocycles. The van der Waals surface area contributed by atoms with Gasteiger partial charge in [0.05, 0.1) is 28.5 Å². The maximum absolute atomic E-state index is 14.1. The van der Waals surface area contributed by atoms with E-state index in [0.717, 1.165) is 22.8 Å². The van der Waals surface area contributed by atoms with Crippen molar-refractivity contribution < 1.29 is 13.2 Å². The number of aromatic amines is 1. The highest BCUT2D eigenvalue weighted by Gasteiger charge is 2.21. The summed E-state index contributed by atoms with van der Waals surface area (Å²) < 4.78 is 43.3. The quantitative estimate of drug-likeness (QED) is 0.390. The molecule has 0 bridgehead atoms. The number of fused-ring (bicyclic) bond motifs is 2. The Kier molecular flexibility index (Phi) is 5.01. The van der Waals surface area contributed by atoms with Gasteiger partial charge in [-0.2, -0.15) is 0 Å². The van der Waals surface area contributed by atoms with E-state index in [2.05, 4.69) is 25.3 Å². The number of anilines is 1. The van der Waals surface area contributed by atoms with Gasteiger partial charge < -0.3 is 10.3 Å². The van der Waals surface area contributed by atoms with Crippen LogP contribution in [-0.2, 0) is 0 Å². The fraction of sp³-hybridized carbons (Fsp3) is 0.0909. The summed E-state index contributed by atoms with van der Waals surface area (Å²) in [4.78, 5) is 28.8. The number of nitrogens with one attached hydrogen (secondary N) is 2. The van der Waals surface area contributed by atoms with Crippen molar-refractivity contribution in [2.45, 2.75) is 13.0 Å². The number of imidazole rings is 1. The van der Waals surface area contributed by atoms with Gasteiger partial charge in [-0.25, -0.2) is 28.1 Å². The molecule has 166 valence electrons. The predicted octanol–water partition coefficient (Wildman–Crippen LogP) is 4.90. The molecule has 0 unspecified atom stereocenters. The van der Waals surface area contributed by atoms with Crippen LogP contribution in [0.3, 0.4) is 0 Å². The van der Waals surface area contributed by atoms with Gasteiger partial charge >= 0.3 is 0 Å². The van der Waals surface area contributed by atoms with E-state index in [0.29, 0.717) is 34.1 Å². The Morgan fingerprint density at radius 3 is 2.58 bits per heavy atom. The number of hydrogen-bond acceptors (Lipinski definition) is 5. The van der Waals surface area contributed by atoms with Crippen LogP contribution < -0.4 is 10.9 Å². The minimum atomic E-state index is -0.871. The molecule has 5 aromatic rings. The normalized spacial score (nSPS) is 12.4. The molecule has 0 saturated heterocycles. The van der Waals surface area contributed by atoms with Crippen molar-refractivity contribution in [3.63, 3.8) is 0 Å². The lowest BCUT2D eigenvalue weighted by atomic mass is 10.1. The average Bonchev–Trinajstić information content (AvgIpc) is 3.25. The molecule has 0 radical (unpaired) electrons. The Hall–Kier alpha value is -3.92. The Balaban J connectivity index is 1.75. The summed E-state index contributed by atoms with van der Waals surface area (Å²) in [6.07, 6.45) is 2.80. The van der Waals surface area contributed by atoms with E-state index in [-0.39, 0.29) is 16.1 Å². The zero-order valence-corrected chi connectivity index (χ0v) is 17.7. The third-order valence-electron chi connectivity index (χ3n) is 5.23. The molecule has 3 aromatic heterocycles. The summed E-state index contributed by atoms with van der Waals surface area (Å²) in [6.45, 7) is 1.74. The lowest BCUT2D eigenvalue weighted by Crippen LogP contribution is -2.26. The van der Waals surface area contributed by atoms with Crippen LogP contribution in [0.25, 0.3) is 27.6 Å². The third-order valence-corrected chi connectivity index (χ3v) is 5.60. The van der Waals surface area contributed by atoms with E-state index in [1.807, 2.05) is 0 Å². The molecule has 0 aliphatic rings. The summed E-state index contributed by atoms with van der Waals surface area (Å²) in [6, 6.07) is 6.29. The molecule has 3 heterocycles. The molecule has 0 spiro atoms. The zero-order chi connectivity index (χ0) is 23.3. The summed E-state index contributed by atoms with van der Waals surface area (Å²) in [7, 11) is 0. The van der Waals surface area contributed by atoms with Gasteiger partial charge in [0.2, 0.25) is 0 Å². The van der Waals surface area contributed by atoms with E-state index in [1.165, 1.54) is 18.7 Å². The molecule has 0 aliphatic heterocycles. The number of rotatable bonds is 4. The Labute approximate surface area is 188 Å². The second kappa shape index (κ2) is 7.89. The topological polar surface area (TPSA) is 88.5 Å². The molecule has 33 heavy (non-hydrogen) atoms. The summed E-state index contributed by atoms with van der Waals surface area (Å²) in [5, 5.41) is 3.07. The molecular formula is C22H14ClF3N6O. The predicted molar refractivity (Wildman–Crippen MR) is 118 cm³/mol. The number of benzene rings is 2. The molecule has 0 aliphatic carbocycles. The Morgan fingerprint density at radius 1 is 1.06 bits per heavy atom. The summed E-state index contributed by atoms with van der Waals surface area (Å²) in [5.41, 5.74) is 0.523. The minimum Gasteiger partial charge on any atom is -0.360 e. The molecule has 5 rings (SSSR count). The number of nitrogens with zero attached hydrogens (tertiary/aromatic N) is 4. The van der Waals surface area contributed by atoms with Crippen LogP contribution in [0.1, 0.15) is 18.7 Å². The van der Waals surface area contributed by atoms with Crippen LogP contribution in [-0.4, -0.2) is 24.5 Å². The van der Waals surface area contributed by atoms with Gasteiger partial charge in [0.1, 0.15) is 29.3 Å². The highest BCUT2D eigenvalue weighted by atomic mass is 35.5. The van der Waals surface area contributed by atoms with E-state index in [4.69, 9.17) is 11.6 Å². The van der Waals surface area contributed by atoms with E-state index >= 15 is 0 Å². The first-order valence-electron chi connectivity index (χ1n) is 9.74. The zero-order valence-electron chi connectivity index (χ0n) is 16.9. The van der Waals surface area contributed by atoms with Crippen molar-refractivity contribution >= 4 is 39.4 Å². The molecule has 2 N–H and O–H groups in total. The van der Waals surface area contributed by atoms with E-state index < -0.39 is 29.1 Å². The lowest BCUT2D eigenvalue weighted by Gasteiger charge is -2.22. The molecule has 7 nitrogen and oxygen atoms in total. The molecule has 0 saturated carbocycles. The van der Waals surface area contributed by atoms with Crippen LogP contribution >= 0.6 is 11.6 Å².